The topological polar surface area (TPSA) is 101 Å². The van der Waals surface area contributed by atoms with Crippen LogP contribution in [0.1, 0.15) is 42.4 Å². The summed E-state index contributed by atoms with van der Waals surface area (Å²) >= 11 is 0. The van der Waals surface area contributed by atoms with Gasteiger partial charge in [0.05, 0.1) is 6.54 Å². The standard InChI is InChI=1S/C12H18N4O3/c1-2-3-8-4-11(17)16(6-8)7-9-5-10(15-19-9)12(18)14-13/h5,8H,2-4,6-7,13H2,1H3,(H,14,18). The molecule has 1 aromatic rings. The Morgan fingerprint density at radius 3 is 3.16 bits per heavy atom. The minimum atomic E-state index is -0.508. The quantitative estimate of drug-likeness (QED) is 0.457. The van der Waals surface area contributed by atoms with E-state index in [-0.39, 0.29) is 11.6 Å². The fourth-order valence-corrected chi connectivity index (χ4v) is 2.36. The van der Waals surface area contributed by atoms with Crippen molar-refractivity contribution in [1.82, 2.24) is 15.5 Å². The van der Waals surface area contributed by atoms with Crippen molar-refractivity contribution in [2.75, 3.05) is 6.54 Å². The number of hydrogen-bond acceptors (Lipinski definition) is 5. The molecule has 1 aliphatic rings. The zero-order valence-corrected chi connectivity index (χ0v) is 10.9. The van der Waals surface area contributed by atoms with Crippen LogP contribution in [0.3, 0.4) is 0 Å². The van der Waals surface area contributed by atoms with Gasteiger partial charge in [0.2, 0.25) is 5.91 Å². The molecule has 1 aliphatic heterocycles. The largest absolute Gasteiger partial charge is 0.359 e. The predicted octanol–water partition coefficient (Wildman–Crippen LogP) is 0.427. The molecule has 1 saturated heterocycles. The van der Waals surface area contributed by atoms with Gasteiger partial charge in [-0.25, -0.2) is 5.84 Å². The second kappa shape index (κ2) is 5.83. The Hall–Kier alpha value is -1.89. The minimum absolute atomic E-state index is 0.120. The highest BCUT2D eigenvalue weighted by Crippen LogP contribution is 2.23. The summed E-state index contributed by atoms with van der Waals surface area (Å²) in [7, 11) is 0. The third-order valence-corrected chi connectivity index (χ3v) is 3.26. The normalized spacial score (nSPS) is 18.9. The fourth-order valence-electron chi connectivity index (χ4n) is 2.36. The summed E-state index contributed by atoms with van der Waals surface area (Å²) in [5.41, 5.74) is 2.10. The van der Waals surface area contributed by atoms with Crippen LogP contribution in [0.25, 0.3) is 0 Å². The second-order valence-corrected chi connectivity index (χ2v) is 4.79. The van der Waals surface area contributed by atoms with E-state index < -0.39 is 5.91 Å². The first-order valence-electron chi connectivity index (χ1n) is 6.38. The highest BCUT2D eigenvalue weighted by molar-refractivity contribution is 5.91. The van der Waals surface area contributed by atoms with E-state index in [1.54, 1.807) is 4.90 Å². The zero-order chi connectivity index (χ0) is 13.8. The molecule has 0 spiro atoms. The van der Waals surface area contributed by atoms with Gasteiger partial charge in [-0.1, -0.05) is 18.5 Å². The van der Waals surface area contributed by atoms with E-state index in [1.807, 2.05) is 5.43 Å². The number of nitrogens with two attached hydrogens (primary N) is 1. The Labute approximate surface area is 111 Å². The van der Waals surface area contributed by atoms with Gasteiger partial charge in [0.25, 0.3) is 5.91 Å². The molecular formula is C12H18N4O3. The molecule has 1 fully saturated rings. The van der Waals surface area contributed by atoms with Crippen molar-refractivity contribution in [2.24, 2.45) is 11.8 Å². The van der Waals surface area contributed by atoms with Crippen LogP contribution in [0.5, 0.6) is 0 Å². The van der Waals surface area contributed by atoms with Crippen molar-refractivity contribution >= 4 is 11.8 Å². The average Bonchev–Trinajstić information content (AvgIpc) is 2.98. The van der Waals surface area contributed by atoms with Crippen LogP contribution in [-0.2, 0) is 11.3 Å². The van der Waals surface area contributed by atoms with Crippen molar-refractivity contribution < 1.29 is 14.1 Å². The van der Waals surface area contributed by atoms with E-state index >= 15 is 0 Å². The summed E-state index contributed by atoms with van der Waals surface area (Å²) in [6, 6.07) is 1.50. The number of aromatic nitrogens is 1. The van der Waals surface area contributed by atoms with Crippen LogP contribution in [0.2, 0.25) is 0 Å². The van der Waals surface area contributed by atoms with Gasteiger partial charge in [-0.3, -0.25) is 15.0 Å². The number of likely N-dealkylation sites (tertiary alicyclic amines) is 1. The van der Waals surface area contributed by atoms with Gasteiger partial charge in [0, 0.05) is 19.0 Å². The molecule has 3 N–H and O–H groups in total. The zero-order valence-electron chi connectivity index (χ0n) is 10.9. The highest BCUT2D eigenvalue weighted by atomic mass is 16.5. The van der Waals surface area contributed by atoms with E-state index in [0.717, 1.165) is 19.4 Å². The van der Waals surface area contributed by atoms with Crippen molar-refractivity contribution in [1.29, 1.82) is 0 Å². The molecule has 0 radical (unpaired) electrons. The van der Waals surface area contributed by atoms with Gasteiger partial charge in [0.15, 0.2) is 11.5 Å². The first-order chi connectivity index (χ1) is 9.13. The second-order valence-electron chi connectivity index (χ2n) is 4.79. The van der Waals surface area contributed by atoms with Crippen molar-refractivity contribution in [3.05, 3.63) is 17.5 Å². The molecule has 1 atom stereocenters. The van der Waals surface area contributed by atoms with E-state index in [2.05, 4.69) is 12.1 Å². The Balaban J connectivity index is 1.96. The number of nitrogens with one attached hydrogen (secondary N) is 1. The number of rotatable bonds is 5. The third-order valence-electron chi connectivity index (χ3n) is 3.26. The van der Waals surface area contributed by atoms with Crippen molar-refractivity contribution in [3.63, 3.8) is 0 Å². The number of nitrogen functional groups attached to an aromatic ring is 1. The molecule has 7 heteroatoms. The van der Waals surface area contributed by atoms with Crippen molar-refractivity contribution in [2.45, 2.75) is 32.7 Å². The lowest BCUT2D eigenvalue weighted by atomic mass is 10.0. The summed E-state index contributed by atoms with van der Waals surface area (Å²) in [4.78, 5) is 24.8. The first kappa shape index (κ1) is 13.5. The fraction of sp³-hybridized carbons (Fsp3) is 0.583. The minimum Gasteiger partial charge on any atom is -0.359 e. The van der Waals surface area contributed by atoms with Crippen LogP contribution in [-0.4, -0.2) is 28.4 Å². The molecule has 0 aliphatic carbocycles. The molecule has 1 aromatic heterocycles. The molecule has 2 rings (SSSR count). The van der Waals surface area contributed by atoms with Gasteiger partial charge >= 0.3 is 0 Å². The van der Waals surface area contributed by atoms with E-state index in [9.17, 15) is 9.59 Å². The van der Waals surface area contributed by atoms with Gasteiger partial charge in [-0.05, 0) is 12.3 Å². The maximum atomic E-state index is 11.8. The van der Waals surface area contributed by atoms with Gasteiger partial charge < -0.3 is 9.42 Å². The van der Waals surface area contributed by atoms with Crippen LogP contribution in [0.4, 0.5) is 0 Å². The van der Waals surface area contributed by atoms with Gasteiger partial charge in [-0.2, -0.15) is 0 Å². The number of carbonyl (C=O) groups is 2. The summed E-state index contributed by atoms with van der Waals surface area (Å²) < 4.78 is 5.03. The smallest absolute Gasteiger partial charge is 0.287 e. The van der Waals surface area contributed by atoms with Crippen LogP contribution in [0.15, 0.2) is 10.6 Å². The maximum Gasteiger partial charge on any atom is 0.287 e. The monoisotopic (exact) mass is 266 g/mol. The van der Waals surface area contributed by atoms with E-state index in [1.165, 1.54) is 6.07 Å². The Kier molecular flexibility index (Phi) is 4.16. The Morgan fingerprint density at radius 1 is 1.68 bits per heavy atom. The molecule has 2 amide bonds. The summed E-state index contributed by atoms with van der Waals surface area (Å²) in [5, 5.41) is 3.60. The molecule has 0 bridgehead atoms. The number of nitrogens with zero attached hydrogens (tertiary/aromatic N) is 2. The number of hydrogen-bond donors (Lipinski definition) is 2. The third kappa shape index (κ3) is 3.11. The number of carbonyl (C=O) groups excluding carboxylic acids is 2. The molecule has 19 heavy (non-hydrogen) atoms. The Morgan fingerprint density at radius 2 is 2.47 bits per heavy atom. The summed E-state index contributed by atoms with van der Waals surface area (Å²) in [5.74, 6) is 5.53. The Bertz CT molecular complexity index is 471. The average molecular weight is 266 g/mol. The van der Waals surface area contributed by atoms with Gasteiger partial charge in [-0.15, -0.1) is 0 Å². The van der Waals surface area contributed by atoms with Gasteiger partial charge in [0.1, 0.15) is 0 Å². The molecule has 7 nitrogen and oxygen atoms in total. The van der Waals surface area contributed by atoms with E-state index in [4.69, 9.17) is 10.4 Å². The van der Waals surface area contributed by atoms with Crippen LogP contribution < -0.4 is 11.3 Å². The molecule has 1 unspecified atom stereocenters. The lowest BCUT2D eigenvalue weighted by Crippen LogP contribution is -2.30. The SMILES string of the molecule is CCCC1CC(=O)N(Cc2cc(C(=O)NN)no2)C1. The van der Waals surface area contributed by atoms with Crippen LogP contribution >= 0.6 is 0 Å². The summed E-state index contributed by atoms with van der Waals surface area (Å²) in [6.07, 6.45) is 2.73. The van der Waals surface area contributed by atoms with E-state index in [0.29, 0.717) is 24.6 Å². The van der Waals surface area contributed by atoms with Crippen molar-refractivity contribution in [3.8, 4) is 0 Å². The first-order valence-corrected chi connectivity index (χ1v) is 6.38. The number of amides is 2. The molecular weight excluding hydrogens is 248 g/mol. The number of hydrazine groups is 1. The maximum absolute atomic E-state index is 11.8. The highest BCUT2D eigenvalue weighted by Gasteiger charge is 2.29. The van der Waals surface area contributed by atoms with Crippen LogP contribution in [0, 0.1) is 5.92 Å². The molecule has 0 aromatic carbocycles. The molecule has 2 heterocycles. The lowest BCUT2D eigenvalue weighted by Gasteiger charge is -2.14. The molecule has 0 saturated carbocycles. The summed E-state index contributed by atoms with van der Waals surface area (Å²) in [6.45, 7) is 3.21. The predicted molar refractivity (Wildman–Crippen MR) is 66.6 cm³/mol. The lowest BCUT2D eigenvalue weighted by molar-refractivity contribution is -0.128. The molecule has 104 valence electrons.